The van der Waals surface area contributed by atoms with Crippen molar-refractivity contribution in [2.45, 2.75) is 6.92 Å². The standard InChI is InChI=1S/C25H22N4S/c1-19(2)16-27-25-29(28-17-20-12-14-26-15-13-20)24(18-30-25)23-10-8-22(9-11-23)21-6-4-3-5-7-21/h3-15,17-18H,1,16H2,2H3. The fourth-order valence-corrected chi connectivity index (χ4v) is 3.80. The van der Waals surface area contributed by atoms with Crippen molar-refractivity contribution < 1.29 is 0 Å². The number of pyridine rings is 1. The van der Waals surface area contributed by atoms with Gasteiger partial charge in [0.05, 0.1) is 18.5 Å². The van der Waals surface area contributed by atoms with Crippen molar-refractivity contribution in [3.8, 4) is 22.4 Å². The van der Waals surface area contributed by atoms with Gasteiger partial charge in [-0.25, -0.2) is 4.68 Å². The van der Waals surface area contributed by atoms with Crippen LogP contribution in [-0.2, 0) is 0 Å². The van der Waals surface area contributed by atoms with E-state index < -0.39 is 0 Å². The summed E-state index contributed by atoms with van der Waals surface area (Å²) >= 11 is 1.58. The van der Waals surface area contributed by atoms with Crippen LogP contribution in [-0.4, -0.2) is 22.4 Å². The molecule has 0 saturated heterocycles. The maximum Gasteiger partial charge on any atom is 0.206 e. The Morgan fingerprint density at radius 1 is 0.967 bits per heavy atom. The van der Waals surface area contributed by atoms with Crippen LogP contribution >= 0.6 is 11.3 Å². The molecule has 0 saturated carbocycles. The molecule has 0 aliphatic rings. The van der Waals surface area contributed by atoms with E-state index in [1.807, 2.05) is 36.0 Å². The topological polar surface area (TPSA) is 42.5 Å². The Bertz CT molecular complexity index is 1220. The molecule has 0 N–H and O–H groups in total. The molecule has 0 aliphatic heterocycles. The second-order valence-electron chi connectivity index (χ2n) is 6.96. The first-order chi connectivity index (χ1) is 14.7. The van der Waals surface area contributed by atoms with Crippen LogP contribution in [0.2, 0.25) is 0 Å². The maximum atomic E-state index is 4.72. The first kappa shape index (κ1) is 19.7. The van der Waals surface area contributed by atoms with Gasteiger partial charge in [-0.2, -0.15) is 5.10 Å². The summed E-state index contributed by atoms with van der Waals surface area (Å²) in [5, 5.41) is 6.82. The molecule has 2 heterocycles. The summed E-state index contributed by atoms with van der Waals surface area (Å²) < 4.78 is 1.89. The molecular formula is C25H22N4S. The maximum absolute atomic E-state index is 4.72. The van der Waals surface area contributed by atoms with Crippen molar-refractivity contribution in [3.63, 3.8) is 0 Å². The van der Waals surface area contributed by atoms with Gasteiger partial charge in [0.1, 0.15) is 0 Å². The van der Waals surface area contributed by atoms with Crippen molar-refractivity contribution in [2.24, 2.45) is 10.1 Å². The van der Waals surface area contributed by atoms with Crippen molar-refractivity contribution in [3.05, 3.63) is 107 Å². The van der Waals surface area contributed by atoms with Crippen molar-refractivity contribution in [1.82, 2.24) is 9.66 Å². The first-order valence-corrected chi connectivity index (χ1v) is 10.5. The van der Waals surface area contributed by atoms with E-state index in [1.54, 1.807) is 23.7 Å². The smallest absolute Gasteiger partial charge is 0.206 e. The van der Waals surface area contributed by atoms with E-state index in [0.29, 0.717) is 6.54 Å². The molecule has 2 aromatic carbocycles. The average Bonchev–Trinajstić information content (AvgIpc) is 3.20. The van der Waals surface area contributed by atoms with Gasteiger partial charge < -0.3 is 0 Å². The summed E-state index contributed by atoms with van der Waals surface area (Å²) in [4.78, 5) is 9.58. The molecular weight excluding hydrogens is 388 g/mol. The molecule has 30 heavy (non-hydrogen) atoms. The predicted octanol–water partition coefficient (Wildman–Crippen LogP) is 5.64. The molecule has 0 fully saturated rings. The number of hydrogen-bond acceptors (Lipinski definition) is 4. The largest absolute Gasteiger partial charge is 0.265 e. The Morgan fingerprint density at radius 3 is 2.33 bits per heavy atom. The molecule has 0 radical (unpaired) electrons. The van der Waals surface area contributed by atoms with Gasteiger partial charge in [-0.15, -0.1) is 11.3 Å². The molecule has 4 nitrogen and oxygen atoms in total. The zero-order valence-electron chi connectivity index (χ0n) is 16.8. The summed E-state index contributed by atoms with van der Waals surface area (Å²) in [6, 6.07) is 22.8. The highest BCUT2D eigenvalue weighted by Crippen LogP contribution is 2.25. The van der Waals surface area contributed by atoms with E-state index in [9.17, 15) is 0 Å². The first-order valence-electron chi connectivity index (χ1n) is 9.66. The van der Waals surface area contributed by atoms with Gasteiger partial charge in [0.25, 0.3) is 0 Å². The monoisotopic (exact) mass is 410 g/mol. The van der Waals surface area contributed by atoms with Crippen LogP contribution in [0.1, 0.15) is 12.5 Å². The molecule has 0 unspecified atom stereocenters. The minimum atomic E-state index is 0.581. The minimum absolute atomic E-state index is 0.581. The third kappa shape index (κ3) is 4.70. The summed E-state index contributed by atoms with van der Waals surface area (Å²) in [5.41, 5.74) is 6.49. The Morgan fingerprint density at radius 2 is 1.63 bits per heavy atom. The van der Waals surface area contributed by atoms with Gasteiger partial charge in [0, 0.05) is 23.3 Å². The van der Waals surface area contributed by atoms with Crippen molar-refractivity contribution >= 4 is 17.6 Å². The minimum Gasteiger partial charge on any atom is -0.265 e. The summed E-state index contributed by atoms with van der Waals surface area (Å²) in [7, 11) is 0. The Hall–Kier alpha value is -3.57. The SMILES string of the molecule is C=C(C)CN=c1scc(-c2ccc(-c3ccccc3)cc2)n1N=Cc1ccncc1. The molecule has 0 bridgehead atoms. The number of rotatable bonds is 6. The van der Waals surface area contributed by atoms with Crippen LogP contribution in [0, 0.1) is 0 Å². The highest BCUT2D eigenvalue weighted by molar-refractivity contribution is 7.07. The zero-order valence-corrected chi connectivity index (χ0v) is 17.6. The fourth-order valence-electron chi connectivity index (χ4n) is 2.96. The number of thiazole rings is 1. The summed E-state index contributed by atoms with van der Waals surface area (Å²) in [6.07, 6.45) is 5.35. The second-order valence-corrected chi connectivity index (χ2v) is 7.79. The number of benzene rings is 2. The van der Waals surface area contributed by atoms with Crippen LogP contribution in [0.5, 0.6) is 0 Å². The van der Waals surface area contributed by atoms with Crippen LogP contribution in [0.25, 0.3) is 22.4 Å². The lowest BCUT2D eigenvalue weighted by molar-refractivity contribution is 0.836. The van der Waals surface area contributed by atoms with Gasteiger partial charge in [0.15, 0.2) is 0 Å². The quantitative estimate of drug-likeness (QED) is 0.300. The van der Waals surface area contributed by atoms with Gasteiger partial charge in [-0.05, 0) is 35.7 Å². The van der Waals surface area contributed by atoms with Crippen molar-refractivity contribution in [2.75, 3.05) is 6.54 Å². The Kier molecular flexibility index (Phi) is 6.11. The highest BCUT2D eigenvalue weighted by Gasteiger charge is 2.08. The molecule has 0 amide bonds. The van der Waals surface area contributed by atoms with E-state index in [-0.39, 0.29) is 0 Å². The third-order valence-corrected chi connectivity index (χ3v) is 5.34. The van der Waals surface area contributed by atoms with Gasteiger partial charge >= 0.3 is 0 Å². The third-order valence-electron chi connectivity index (χ3n) is 4.49. The average molecular weight is 411 g/mol. The van der Waals surface area contributed by atoms with Gasteiger partial charge in [0.2, 0.25) is 4.80 Å². The summed E-state index contributed by atoms with van der Waals surface area (Å²) in [6.45, 7) is 6.51. The number of nitrogens with zero attached hydrogens (tertiary/aromatic N) is 4. The molecule has 0 atom stereocenters. The predicted molar refractivity (Wildman–Crippen MR) is 126 cm³/mol. The molecule has 4 aromatic rings. The second kappa shape index (κ2) is 9.29. The Balaban J connectivity index is 1.73. The van der Waals surface area contributed by atoms with E-state index in [2.05, 4.69) is 70.5 Å². The normalized spacial score (nSPS) is 11.8. The molecule has 0 spiro atoms. The molecule has 4 rings (SSSR count). The molecule has 2 aromatic heterocycles. The number of aromatic nitrogens is 2. The van der Waals surface area contributed by atoms with E-state index in [1.165, 1.54) is 11.1 Å². The zero-order chi connectivity index (χ0) is 20.8. The van der Waals surface area contributed by atoms with Crippen LogP contribution < -0.4 is 4.80 Å². The lowest BCUT2D eigenvalue weighted by Crippen LogP contribution is -2.13. The lowest BCUT2D eigenvalue weighted by atomic mass is 10.0. The molecule has 0 aliphatic carbocycles. The van der Waals surface area contributed by atoms with Crippen LogP contribution in [0.15, 0.2) is 107 Å². The van der Waals surface area contributed by atoms with Crippen LogP contribution in [0.3, 0.4) is 0 Å². The van der Waals surface area contributed by atoms with E-state index in [0.717, 1.165) is 27.2 Å². The Labute approximate surface area is 180 Å². The molecule has 5 heteroatoms. The molecule has 148 valence electrons. The van der Waals surface area contributed by atoms with E-state index >= 15 is 0 Å². The number of hydrogen-bond donors (Lipinski definition) is 0. The van der Waals surface area contributed by atoms with Crippen molar-refractivity contribution in [1.29, 1.82) is 0 Å². The fraction of sp³-hybridized carbons (Fsp3) is 0.0800. The van der Waals surface area contributed by atoms with E-state index in [4.69, 9.17) is 5.10 Å². The summed E-state index contributed by atoms with van der Waals surface area (Å²) in [5.74, 6) is 0. The van der Waals surface area contributed by atoms with Gasteiger partial charge in [-0.3, -0.25) is 9.98 Å². The van der Waals surface area contributed by atoms with Gasteiger partial charge in [-0.1, -0.05) is 66.7 Å². The highest BCUT2D eigenvalue weighted by atomic mass is 32.1. The van der Waals surface area contributed by atoms with Crippen LogP contribution in [0.4, 0.5) is 0 Å². The lowest BCUT2D eigenvalue weighted by Gasteiger charge is -2.06.